The predicted molar refractivity (Wildman–Crippen MR) is 94.1 cm³/mol. The highest BCUT2D eigenvalue weighted by Gasteiger charge is 2.11. The second-order valence-corrected chi connectivity index (χ2v) is 7.37. The molecule has 0 spiro atoms. The lowest BCUT2D eigenvalue weighted by atomic mass is 10.2. The Hall–Kier alpha value is -0.580. The van der Waals surface area contributed by atoms with Gasteiger partial charge in [-0.05, 0) is 18.2 Å². The van der Waals surface area contributed by atoms with Crippen molar-refractivity contribution in [1.29, 1.82) is 0 Å². The summed E-state index contributed by atoms with van der Waals surface area (Å²) in [6, 6.07) is 0. The Labute approximate surface area is 131 Å². The minimum Gasteiger partial charge on any atom is -0.395 e. The number of nitrogens with one attached hydrogen (secondary N) is 1. The molecule has 0 radical (unpaired) electrons. The number of hydrogen-bond donors (Lipinski definition) is 2. The van der Waals surface area contributed by atoms with Crippen LogP contribution in [-0.2, 0) is 0 Å². The Morgan fingerprint density at radius 2 is 2.15 bits per heavy atom. The average molecular weight is 312 g/mol. The standard InChI is InChI=1S/C16H25NOS2/c1-14(2)8-4-3-7-11-19-15(12-18)13-20-16-9-5-6-10-17-16/h3-10,14-18H,11-13H2,1-2H3/b7-3-,8-4-. The molecule has 2 nitrogen and oxygen atoms in total. The van der Waals surface area contributed by atoms with Gasteiger partial charge in [-0.1, -0.05) is 50.3 Å². The summed E-state index contributed by atoms with van der Waals surface area (Å²) in [6.07, 6.45) is 16.7. The minimum absolute atomic E-state index is 0.236. The molecular formula is C16H25NOS2. The van der Waals surface area contributed by atoms with E-state index >= 15 is 0 Å². The average Bonchev–Trinajstić information content (AvgIpc) is 2.46. The van der Waals surface area contributed by atoms with Gasteiger partial charge in [0.1, 0.15) is 0 Å². The molecule has 1 rings (SSSR count). The highest BCUT2D eigenvalue weighted by atomic mass is 32.2. The van der Waals surface area contributed by atoms with Crippen LogP contribution in [0.15, 0.2) is 48.7 Å². The summed E-state index contributed by atoms with van der Waals surface area (Å²) < 4.78 is 0. The fraction of sp³-hybridized carbons (Fsp3) is 0.500. The molecule has 0 aliphatic carbocycles. The zero-order valence-electron chi connectivity index (χ0n) is 12.2. The van der Waals surface area contributed by atoms with Gasteiger partial charge >= 0.3 is 0 Å². The maximum absolute atomic E-state index is 9.41. The molecule has 2 unspecified atom stereocenters. The van der Waals surface area contributed by atoms with Gasteiger partial charge in [-0.2, -0.15) is 11.8 Å². The third-order valence-corrected chi connectivity index (χ3v) is 5.22. The van der Waals surface area contributed by atoms with Crippen LogP contribution in [0.5, 0.6) is 0 Å². The van der Waals surface area contributed by atoms with Crippen LogP contribution >= 0.6 is 23.5 Å². The zero-order chi connectivity index (χ0) is 14.6. The first-order valence-corrected chi connectivity index (χ1v) is 9.09. The first kappa shape index (κ1) is 17.5. The molecule has 20 heavy (non-hydrogen) atoms. The molecule has 0 saturated heterocycles. The summed E-state index contributed by atoms with van der Waals surface area (Å²) in [6.45, 7) is 4.57. The monoisotopic (exact) mass is 311 g/mol. The Kier molecular flexibility index (Phi) is 9.71. The maximum atomic E-state index is 9.41. The maximum Gasteiger partial charge on any atom is 0.0908 e. The third kappa shape index (κ3) is 8.56. The zero-order valence-corrected chi connectivity index (χ0v) is 13.9. The number of allylic oxidation sites excluding steroid dienone is 5. The summed E-state index contributed by atoms with van der Waals surface area (Å²) in [5, 5.41) is 13.3. The third-order valence-electron chi connectivity index (χ3n) is 2.59. The minimum atomic E-state index is 0.236. The molecule has 0 saturated carbocycles. The Morgan fingerprint density at radius 1 is 1.30 bits per heavy atom. The summed E-state index contributed by atoms with van der Waals surface area (Å²) in [5.41, 5.74) is 0. The van der Waals surface area contributed by atoms with Crippen molar-refractivity contribution in [2.24, 2.45) is 5.92 Å². The van der Waals surface area contributed by atoms with Crippen molar-refractivity contribution in [3.8, 4) is 0 Å². The van der Waals surface area contributed by atoms with E-state index in [4.69, 9.17) is 0 Å². The van der Waals surface area contributed by atoms with Crippen molar-refractivity contribution in [3.63, 3.8) is 0 Å². The lowest BCUT2D eigenvalue weighted by Crippen LogP contribution is -2.23. The number of rotatable bonds is 9. The van der Waals surface area contributed by atoms with Crippen LogP contribution < -0.4 is 5.32 Å². The van der Waals surface area contributed by atoms with Crippen LogP contribution in [0.3, 0.4) is 0 Å². The van der Waals surface area contributed by atoms with Crippen LogP contribution in [0.4, 0.5) is 0 Å². The van der Waals surface area contributed by atoms with Gasteiger partial charge in [-0.25, -0.2) is 0 Å². The smallest absolute Gasteiger partial charge is 0.0908 e. The molecule has 4 heteroatoms. The van der Waals surface area contributed by atoms with Gasteiger partial charge in [0.2, 0.25) is 0 Å². The molecule has 2 N–H and O–H groups in total. The molecule has 1 aliphatic heterocycles. The molecule has 2 atom stereocenters. The SMILES string of the molecule is CC(C)/C=C\C=C/CSC(CO)CSC1C=CC=CN1. The predicted octanol–water partition coefficient (Wildman–Crippen LogP) is 3.58. The lowest BCUT2D eigenvalue weighted by Gasteiger charge is -2.18. The van der Waals surface area contributed by atoms with Gasteiger partial charge in [0.25, 0.3) is 0 Å². The van der Waals surface area contributed by atoms with Crippen molar-refractivity contribution < 1.29 is 5.11 Å². The fourth-order valence-corrected chi connectivity index (χ4v) is 3.63. The van der Waals surface area contributed by atoms with E-state index < -0.39 is 0 Å². The topological polar surface area (TPSA) is 32.3 Å². The molecule has 1 aliphatic rings. The number of aliphatic hydroxyl groups excluding tert-OH is 1. The number of hydrogen-bond acceptors (Lipinski definition) is 4. The summed E-state index contributed by atoms with van der Waals surface area (Å²) in [5.74, 6) is 2.49. The summed E-state index contributed by atoms with van der Waals surface area (Å²) in [4.78, 5) is 0. The number of thioether (sulfide) groups is 2. The van der Waals surface area contributed by atoms with Crippen LogP contribution in [0, 0.1) is 5.92 Å². The first-order valence-electron chi connectivity index (χ1n) is 6.99. The second-order valence-electron chi connectivity index (χ2n) is 4.86. The molecule has 0 aromatic carbocycles. The Bertz CT molecular complexity index is 361. The fourth-order valence-electron chi connectivity index (χ4n) is 1.51. The van der Waals surface area contributed by atoms with Crippen LogP contribution in [0.2, 0.25) is 0 Å². The van der Waals surface area contributed by atoms with Crippen LogP contribution in [0.25, 0.3) is 0 Å². The summed E-state index contributed by atoms with van der Waals surface area (Å²) >= 11 is 3.64. The molecule has 0 aromatic rings. The largest absolute Gasteiger partial charge is 0.395 e. The molecular weight excluding hydrogens is 286 g/mol. The second kappa shape index (κ2) is 11.1. The van der Waals surface area contributed by atoms with Crippen molar-refractivity contribution in [2.75, 3.05) is 18.1 Å². The van der Waals surface area contributed by atoms with Gasteiger partial charge < -0.3 is 10.4 Å². The molecule has 112 valence electrons. The molecule has 0 bridgehead atoms. The van der Waals surface area contributed by atoms with E-state index in [-0.39, 0.29) is 6.61 Å². The molecule has 0 fully saturated rings. The quantitative estimate of drug-likeness (QED) is 0.638. The van der Waals surface area contributed by atoms with Crippen LogP contribution in [-0.4, -0.2) is 33.8 Å². The van der Waals surface area contributed by atoms with E-state index in [1.54, 1.807) is 0 Å². The van der Waals surface area contributed by atoms with E-state index in [2.05, 4.69) is 55.6 Å². The normalized spacial score (nSPS) is 20.1. The molecule has 0 aromatic heterocycles. The first-order chi connectivity index (χ1) is 9.72. The number of dihydropyridines is 1. The van der Waals surface area contributed by atoms with E-state index in [1.807, 2.05) is 35.8 Å². The van der Waals surface area contributed by atoms with Crippen LogP contribution in [0.1, 0.15) is 13.8 Å². The number of aliphatic hydroxyl groups is 1. The highest BCUT2D eigenvalue weighted by Crippen LogP contribution is 2.20. The van der Waals surface area contributed by atoms with Gasteiger partial charge in [-0.15, -0.1) is 11.8 Å². The summed E-state index contributed by atoms with van der Waals surface area (Å²) in [7, 11) is 0. The molecule has 1 heterocycles. The van der Waals surface area contributed by atoms with E-state index in [1.165, 1.54) is 0 Å². The molecule has 0 amide bonds. The van der Waals surface area contributed by atoms with E-state index in [0.717, 1.165) is 11.5 Å². The van der Waals surface area contributed by atoms with Gasteiger partial charge in [0, 0.05) is 16.8 Å². The van der Waals surface area contributed by atoms with Gasteiger partial charge in [-0.3, -0.25) is 0 Å². The highest BCUT2D eigenvalue weighted by molar-refractivity contribution is 8.03. The Balaban J connectivity index is 2.15. The van der Waals surface area contributed by atoms with Crippen molar-refractivity contribution in [1.82, 2.24) is 5.32 Å². The lowest BCUT2D eigenvalue weighted by molar-refractivity contribution is 0.301. The van der Waals surface area contributed by atoms with E-state index in [0.29, 0.717) is 16.5 Å². The van der Waals surface area contributed by atoms with E-state index in [9.17, 15) is 5.11 Å². The Morgan fingerprint density at radius 3 is 2.80 bits per heavy atom. The van der Waals surface area contributed by atoms with Crippen molar-refractivity contribution in [3.05, 3.63) is 48.7 Å². The van der Waals surface area contributed by atoms with Crippen molar-refractivity contribution >= 4 is 23.5 Å². The van der Waals surface area contributed by atoms with Crippen molar-refractivity contribution in [2.45, 2.75) is 24.5 Å². The van der Waals surface area contributed by atoms with Gasteiger partial charge in [0.15, 0.2) is 0 Å². The van der Waals surface area contributed by atoms with Gasteiger partial charge in [0.05, 0.1) is 12.0 Å².